The number of hydrogen-bond donors (Lipinski definition) is 1. The summed E-state index contributed by atoms with van der Waals surface area (Å²) >= 11 is 1.54. The maximum Gasteiger partial charge on any atom is 0.220 e. The largest absolute Gasteiger partial charge is 0.497 e. The zero-order chi connectivity index (χ0) is 22.4. The van der Waals surface area contributed by atoms with Gasteiger partial charge in [0.15, 0.2) is 5.16 Å². The summed E-state index contributed by atoms with van der Waals surface area (Å²) in [5.74, 6) is 1.35. The van der Waals surface area contributed by atoms with Gasteiger partial charge in [0, 0.05) is 30.4 Å². The number of likely N-dealkylation sites (tertiary alicyclic amines) is 1. The van der Waals surface area contributed by atoms with Crippen molar-refractivity contribution in [1.82, 2.24) is 20.2 Å². The van der Waals surface area contributed by atoms with E-state index in [1.54, 1.807) is 18.9 Å². The third kappa shape index (κ3) is 5.98. The molecule has 1 aliphatic rings. The molecule has 1 saturated heterocycles. The highest BCUT2D eigenvalue weighted by molar-refractivity contribution is 7.98. The van der Waals surface area contributed by atoms with Crippen LogP contribution in [0, 0.1) is 19.8 Å². The SMILES string of the molecule is COc1ccc(C2C(CNC(=O)CCc3c(C)nc(SC)nc3C)CCCN2C)cc1. The first kappa shape index (κ1) is 23.5. The van der Waals surface area contributed by atoms with Gasteiger partial charge in [-0.2, -0.15) is 0 Å². The summed E-state index contributed by atoms with van der Waals surface area (Å²) in [6.45, 7) is 5.77. The number of ether oxygens (including phenoxy) is 1. The standard InChI is InChI=1S/C24H34N4O2S/c1-16-21(17(2)27-24(26-16)31-5)12-13-22(29)25-15-19-7-6-14-28(3)23(19)18-8-10-20(30-4)11-9-18/h8-11,19,23H,6-7,12-15H2,1-5H3,(H,25,29). The van der Waals surface area contributed by atoms with E-state index < -0.39 is 0 Å². The fraction of sp³-hybridized carbons (Fsp3) is 0.542. The van der Waals surface area contributed by atoms with Gasteiger partial charge < -0.3 is 10.1 Å². The third-order valence-electron chi connectivity index (χ3n) is 6.21. The second kappa shape index (κ2) is 11.0. The van der Waals surface area contributed by atoms with Crippen LogP contribution in [0.2, 0.25) is 0 Å². The molecule has 0 bridgehead atoms. The Kier molecular flexibility index (Phi) is 8.32. The number of hydrogen-bond acceptors (Lipinski definition) is 6. The summed E-state index contributed by atoms with van der Waals surface area (Å²) in [6, 6.07) is 8.62. The minimum atomic E-state index is 0.0921. The van der Waals surface area contributed by atoms with Crippen molar-refractivity contribution < 1.29 is 9.53 Å². The molecule has 2 heterocycles. The van der Waals surface area contributed by atoms with E-state index in [2.05, 4.69) is 39.4 Å². The zero-order valence-corrected chi connectivity index (χ0v) is 20.1. The molecule has 1 aromatic heterocycles. The molecule has 2 unspecified atom stereocenters. The molecular weight excluding hydrogens is 408 g/mol. The minimum absolute atomic E-state index is 0.0921. The number of amides is 1. The van der Waals surface area contributed by atoms with Gasteiger partial charge in [-0.1, -0.05) is 23.9 Å². The number of aryl methyl sites for hydroxylation is 2. The smallest absolute Gasteiger partial charge is 0.220 e. The van der Waals surface area contributed by atoms with E-state index in [1.807, 2.05) is 32.2 Å². The number of thioether (sulfide) groups is 1. The highest BCUT2D eigenvalue weighted by atomic mass is 32.2. The maximum absolute atomic E-state index is 12.6. The summed E-state index contributed by atoms with van der Waals surface area (Å²) in [6.07, 6.45) is 5.37. The number of carbonyl (C=O) groups is 1. The molecule has 1 aliphatic heterocycles. The van der Waals surface area contributed by atoms with E-state index in [0.717, 1.165) is 47.2 Å². The fourth-order valence-electron chi connectivity index (χ4n) is 4.53. The number of nitrogens with zero attached hydrogens (tertiary/aromatic N) is 3. The van der Waals surface area contributed by atoms with Crippen LogP contribution in [0.1, 0.15) is 47.8 Å². The molecule has 1 aromatic carbocycles. The van der Waals surface area contributed by atoms with Crippen LogP contribution in [0.5, 0.6) is 5.75 Å². The number of piperidine rings is 1. The molecule has 0 spiro atoms. The lowest BCUT2D eigenvalue weighted by Gasteiger charge is -2.39. The van der Waals surface area contributed by atoms with E-state index in [4.69, 9.17) is 4.74 Å². The van der Waals surface area contributed by atoms with Crippen LogP contribution in [-0.2, 0) is 11.2 Å². The highest BCUT2D eigenvalue weighted by Gasteiger charge is 2.30. The maximum atomic E-state index is 12.6. The average Bonchev–Trinajstić information content (AvgIpc) is 2.77. The van der Waals surface area contributed by atoms with Crippen LogP contribution in [0.3, 0.4) is 0 Å². The van der Waals surface area contributed by atoms with Gasteiger partial charge in [-0.05, 0) is 82.1 Å². The van der Waals surface area contributed by atoms with Gasteiger partial charge in [-0.3, -0.25) is 9.69 Å². The van der Waals surface area contributed by atoms with Gasteiger partial charge >= 0.3 is 0 Å². The Hall–Kier alpha value is -2.12. The molecular formula is C24H34N4O2S. The van der Waals surface area contributed by atoms with E-state index in [0.29, 0.717) is 31.3 Å². The van der Waals surface area contributed by atoms with E-state index in [1.165, 1.54) is 5.56 Å². The van der Waals surface area contributed by atoms with Crippen molar-refractivity contribution in [3.05, 3.63) is 46.8 Å². The van der Waals surface area contributed by atoms with Crippen LogP contribution in [0.4, 0.5) is 0 Å². The second-order valence-corrected chi connectivity index (χ2v) is 9.04. The van der Waals surface area contributed by atoms with Gasteiger partial charge in [0.25, 0.3) is 0 Å². The lowest BCUT2D eigenvalue weighted by molar-refractivity contribution is -0.121. The van der Waals surface area contributed by atoms with Crippen LogP contribution in [0.15, 0.2) is 29.4 Å². The summed E-state index contributed by atoms with van der Waals surface area (Å²) < 4.78 is 5.30. The molecule has 7 heteroatoms. The molecule has 2 aromatic rings. The Morgan fingerprint density at radius 1 is 1.23 bits per heavy atom. The Labute approximate surface area is 190 Å². The molecule has 2 atom stereocenters. The first-order chi connectivity index (χ1) is 14.9. The highest BCUT2D eigenvalue weighted by Crippen LogP contribution is 2.35. The van der Waals surface area contributed by atoms with Crippen molar-refractivity contribution in [2.24, 2.45) is 5.92 Å². The minimum Gasteiger partial charge on any atom is -0.497 e. The van der Waals surface area contributed by atoms with Crippen molar-refractivity contribution in [2.75, 3.05) is 33.5 Å². The monoisotopic (exact) mass is 442 g/mol. The van der Waals surface area contributed by atoms with Crippen LogP contribution in [-0.4, -0.2) is 54.3 Å². The predicted molar refractivity (Wildman–Crippen MR) is 126 cm³/mol. The number of benzene rings is 1. The summed E-state index contributed by atoms with van der Waals surface area (Å²) in [4.78, 5) is 24.1. The van der Waals surface area contributed by atoms with E-state index in [-0.39, 0.29) is 5.91 Å². The molecule has 6 nitrogen and oxygen atoms in total. The van der Waals surface area contributed by atoms with Gasteiger partial charge in [-0.15, -0.1) is 0 Å². The summed E-state index contributed by atoms with van der Waals surface area (Å²) in [5.41, 5.74) is 4.30. The Morgan fingerprint density at radius 2 is 1.90 bits per heavy atom. The van der Waals surface area contributed by atoms with Crippen molar-refractivity contribution >= 4 is 17.7 Å². The van der Waals surface area contributed by atoms with Crippen LogP contribution < -0.4 is 10.1 Å². The molecule has 168 valence electrons. The lowest BCUT2D eigenvalue weighted by atomic mass is 9.85. The molecule has 1 amide bonds. The van der Waals surface area contributed by atoms with Crippen LogP contribution in [0.25, 0.3) is 0 Å². The molecule has 0 saturated carbocycles. The third-order valence-corrected chi connectivity index (χ3v) is 6.76. The van der Waals surface area contributed by atoms with Gasteiger partial charge in [-0.25, -0.2) is 9.97 Å². The number of rotatable bonds is 8. The molecule has 0 aliphatic carbocycles. The van der Waals surface area contributed by atoms with Crippen LogP contribution >= 0.6 is 11.8 Å². The average molecular weight is 443 g/mol. The molecule has 3 rings (SSSR count). The van der Waals surface area contributed by atoms with Crippen molar-refractivity contribution in [2.45, 2.75) is 50.7 Å². The molecule has 1 fully saturated rings. The second-order valence-electron chi connectivity index (χ2n) is 8.26. The first-order valence-corrected chi connectivity index (χ1v) is 12.1. The summed E-state index contributed by atoms with van der Waals surface area (Å²) in [5, 5.41) is 3.98. The normalized spacial score (nSPS) is 19.3. The number of methoxy groups -OCH3 is 1. The Bertz CT molecular complexity index is 865. The van der Waals surface area contributed by atoms with E-state index in [9.17, 15) is 4.79 Å². The first-order valence-electron chi connectivity index (χ1n) is 10.9. The molecule has 31 heavy (non-hydrogen) atoms. The van der Waals surface area contributed by atoms with Gasteiger partial charge in [0.2, 0.25) is 5.91 Å². The Morgan fingerprint density at radius 3 is 2.52 bits per heavy atom. The molecule has 0 radical (unpaired) electrons. The quantitative estimate of drug-likeness (QED) is 0.493. The number of aromatic nitrogens is 2. The number of carbonyl (C=O) groups excluding carboxylic acids is 1. The fourth-order valence-corrected chi connectivity index (χ4v) is 4.99. The zero-order valence-electron chi connectivity index (χ0n) is 19.3. The lowest BCUT2D eigenvalue weighted by Crippen LogP contribution is -2.41. The van der Waals surface area contributed by atoms with E-state index >= 15 is 0 Å². The van der Waals surface area contributed by atoms with Gasteiger partial charge in [0.1, 0.15) is 5.75 Å². The summed E-state index contributed by atoms with van der Waals surface area (Å²) in [7, 11) is 3.86. The van der Waals surface area contributed by atoms with Crippen molar-refractivity contribution in [1.29, 1.82) is 0 Å². The van der Waals surface area contributed by atoms with Crippen molar-refractivity contribution in [3.63, 3.8) is 0 Å². The topological polar surface area (TPSA) is 67.3 Å². The van der Waals surface area contributed by atoms with Gasteiger partial charge in [0.05, 0.1) is 7.11 Å². The Balaban J connectivity index is 1.59. The molecule has 1 N–H and O–H groups in total. The predicted octanol–water partition coefficient (Wildman–Crippen LogP) is 3.96. The number of nitrogens with one attached hydrogen (secondary N) is 1. The van der Waals surface area contributed by atoms with Crippen molar-refractivity contribution in [3.8, 4) is 5.75 Å².